The molecule has 0 saturated carbocycles. The molecule has 0 saturated heterocycles. The summed E-state index contributed by atoms with van der Waals surface area (Å²) in [5.74, 6) is 2.62. The lowest BCUT2D eigenvalue weighted by molar-refractivity contribution is 0.199. The van der Waals surface area contributed by atoms with Gasteiger partial charge in [-0.2, -0.15) is 0 Å². The van der Waals surface area contributed by atoms with Crippen molar-refractivity contribution >= 4 is 0 Å². The Balaban J connectivity index is 3.89. The van der Waals surface area contributed by atoms with Crippen molar-refractivity contribution in [1.82, 2.24) is 10.2 Å². The molecule has 2 heteroatoms. The second-order valence-corrected chi connectivity index (χ2v) is 4.43. The van der Waals surface area contributed by atoms with Crippen molar-refractivity contribution in [1.29, 1.82) is 0 Å². The van der Waals surface area contributed by atoms with Gasteiger partial charge in [-0.3, -0.25) is 4.90 Å². The summed E-state index contributed by atoms with van der Waals surface area (Å²) in [4.78, 5) is 2.58. The fraction of sp³-hybridized carbons (Fsp3) is 0.857. The highest BCUT2D eigenvalue weighted by molar-refractivity contribution is 4.87. The van der Waals surface area contributed by atoms with E-state index in [9.17, 15) is 0 Å². The van der Waals surface area contributed by atoms with Gasteiger partial charge in [0.05, 0.1) is 6.54 Å². The molecule has 1 unspecified atom stereocenters. The van der Waals surface area contributed by atoms with E-state index in [1.165, 1.54) is 38.8 Å². The van der Waals surface area contributed by atoms with Gasteiger partial charge in [-0.15, -0.1) is 6.42 Å². The number of hydrogen-bond donors (Lipinski definition) is 1. The molecule has 0 fully saturated rings. The summed E-state index contributed by atoms with van der Waals surface area (Å²) in [6.07, 6.45) is 10.4. The first-order valence-corrected chi connectivity index (χ1v) is 6.64. The highest BCUT2D eigenvalue weighted by Gasteiger charge is 2.11. The zero-order valence-electron chi connectivity index (χ0n) is 11.3. The Morgan fingerprint density at radius 2 is 1.75 bits per heavy atom. The van der Waals surface area contributed by atoms with E-state index in [2.05, 4.69) is 36.9 Å². The average Bonchev–Trinajstić information content (AvgIpc) is 2.29. The Morgan fingerprint density at radius 3 is 2.19 bits per heavy atom. The van der Waals surface area contributed by atoms with Gasteiger partial charge in [-0.05, 0) is 32.9 Å². The Labute approximate surface area is 102 Å². The maximum atomic E-state index is 5.23. The Morgan fingerprint density at radius 1 is 1.19 bits per heavy atom. The van der Waals surface area contributed by atoms with Crippen LogP contribution in [0.4, 0.5) is 0 Å². The average molecular weight is 224 g/mol. The maximum Gasteiger partial charge on any atom is 0.0574 e. The van der Waals surface area contributed by atoms with Gasteiger partial charge in [0.2, 0.25) is 0 Å². The minimum Gasteiger partial charge on any atom is -0.305 e. The third-order valence-electron chi connectivity index (χ3n) is 2.89. The van der Waals surface area contributed by atoms with E-state index in [0.29, 0.717) is 12.6 Å². The fourth-order valence-electron chi connectivity index (χ4n) is 1.76. The van der Waals surface area contributed by atoms with Gasteiger partial charge in [0, 0.05) is 12.6 Å². The van der Waals surface area contributed by atoms with Gasteiger partial charge in [-0.25, -0.2) is 0 Å². The molecule has 0 rings (SSSR count). The van der Waals surface area contributed by atoms with Gasteiger partial charge in [0.25, 0.3) is 0 Å². The van der Waals surface area contributed by atoms with Crippen molar-refractivity contribution in [3.8, 4) is 12.3 Å². The van der Waals surface area contributed by atoms with E-state index < -0.39 is 0 Å². The molecule has 1 N–H and O–H groups in total. The fourth-order valence-corrected chi connectivity index (χ4v) is 1.76. The van der Waals surface area contributed by atoms with Gasteiger partial charge >= 0.3 is 0 Å². The van der Waals surface area contributed by atoms with Crippen LogP contribution in [0.5, 0.6) is 0 Å². The Hall–Kier alpha value is -0.520. The van der Waals surface area contributed by atoms with Crippen molar-refractivity contribution < 1.29 is 0 Å². The summed E-state index contributed by atoms with van der Waals surface area (Å²) in [6.45, 7) is 10.9. The smallest absolute Gasteiger partial charge is 0.0574 e. The molecule has 0 spiro atoms. The highest BCUT2D eigenvalue weighted by Crippen LogP contribution is 2.04. The molecule has 0 heterocycles. The Bertz CT molecular complexity index is 176. The minimum atomic E-state index is 0.589. The topological polar surface area (TPSA) is 15.3 Å². The van der Waals surface area contributed by atoms with Crippen molar-refractivity contribution in [3.05, 3.63) is 0 Å². The summed E-state index contributed by atoms with van der Waals surface area (Å²) >= 11 is 0. The molecule has 94 valence electrons. The first-order valence-electron chi connectivity index (χ1n) is 6.64. The SMILES string of the molecule is C#CCNCC(C)N(CCCC)CCCC. The van der Waals surface area contributed by atoms with Crippen LogP contribution < -0.4 is 5.32 Å². The third kappa shape index (κ3) is 7.73. The molecule has 0 amide bonds. The highest BCUT2D eigenvalue weighted by atomic mass is 15.2. The first-order chi connectivity index (χ1) is 7.76. The number of unbranched alkanes of at least 4 members (excludes halogenated alkanes) is 2. The molecule has 0 aliphatic rings. The quantitative estimate of drug-likeness (QED) is 0.453. The molecule has 0 aromatic rings. The monoisotopic (exact) mass is 224 g/mol. The lowest BCUT2D eigenvalue weighted by Gasteiger charge is -2.29. The minimum absolute atomic E-state index is 0.589. The second kappa shape index (κ2) is 11.0. The molecule has 0 aliphatic heterocycles. The summed E-state index contributed by atoms with van der Waals surface area (Å²) in [6, 6.07) is 0.589. The molecule has 2 nitrogen and oxygen atoms in total. The Kier molecular flexibility index (Phi) is 10.6. The van der Waals surface area contributed by atoms with Crippen LogP contribution in [0.3, 0.4) is 0 Å². The third-order valence-corrected chi connectivity index (χ3v) is 2.89. The van der Waals surface area contributed by atoms with E-state index in [1.54, 1.807) is 0 Å². The molecule has 0 bridgehead atoms. The van der Waals surface area contributed by atoms with E-state index in [4.69, 9.17) is 6.42 Å². The summed E-state index contributed by atoms with van der Waals surface area (Å²) in [7, 11) is 0. The largest absolute Gasteiger partial charge is 0.305 e. The second-order valence-electron chi connectivity index (χ2n) is 4.43. The van der Waals surface area contributed by atoms with Crippen LogP contribution in [-0.2, 0) is 0 Å². The molecular formula is C14H28N2. The van der Waals surface area contributed by atoms with Crippen LogP contribution in [0, 0.1) is 12.3 Å². The normalized spacial score (nSPS) is 12.7. The van der Waals surface area contributed by atoms with E-state index in [1.807, 2.05) is 0 Å². The number of hydrogen-bond acceptors (Lipinski definition) is 2. The summed E-state index contributed by atoms with van der Waals surface area (Å²) in [5, 5.41) is 3.29. The van der Waals surface area contributed by atoms with Crippen LogP contribution in [0.25, 0.3) is 0 Å². The van der Waals surface area contributed by atoms with Crippen LogP contribution in [0.1, 0.15) is 46.5 Å². The lowest BCUT2D eigenvalue weighted by Crippen LogP contribution is -2.41. The molecule has 1 atom stereocenters. The summed E-state index contributed by atoms with van der Waals surface area (Å²) in [5.41, 5.74) is 0. The number of terminal acetylenes is 1. The van der Waals surface area contributed by atoms with Crippen LogP contribution >= 0.6 is 0 Å². The lowest BCUT2D eigenvalue weighted by atomic mass is 10.2. The van der Waals surface area contributed by atoms with Crippen LogP contribution in [-0.4, -0.2) is 37.1 Å². The predicted molar refractivity (Wildman–Crippen MR) is 72.6 cm³/mol. The van der Waals surface area contributed by atoms with Crippen LogP contribution in [0.2, 0.25) is 0 Å². The van der Waals surface area contributed by atoms with E-state index >= 15 is 0 Å². The maximum absolute atomic E-state index is 5.23. The van der Waals surface area contributed by atoms with Crippen molar-refractivity contribution in [2.24, 2.45) is 0 Å². The van der Waals surface area contributed by atoms with E-state index in [0.717, 1.165) is 6.54 Å². The molecule has 16 heavy (non-hydrogen) atoms. The molecular weight excluding hydrogens is 196 g/mol. The zero-order chi connectivity index (χ0) is 12.2. The van der Waals surface area contributed by atoms with Gasteiger partial charge in [-0.1, -0.05) is 32.6 Å². The number of nitrogens with zero attached hydrogens (tertiary/aromatic N) is 1. The zero-order valence-corrected chi connectivity index (χ0v) is 11.3. The number of rotatable bonds is 10. The first kappa shape index (κ1) is 15.5. The molecule has 0 aromatic carbocycles. The van der Waals surface area contributed by atoms with Crippen molar-refractivity contribution in [2.75, 3.05) is 26.2 Å². The van der Waals surface area contributed by atoms with Crippen molar-refractivity contribution in [2.45, 2.75) is 52.5 Å². The molecule has 0 aromatic heterocycles. The van der Waals surface area contributed by atoms with Gasteiger partial charge in [0.1, 0.15) is 0 Å². The molecule has 0 radical (unpaired) electrons. The van der Waals surface area contributed by atoms with Crippen molar-refractivity contribution in [3.63, 3.8) is 0 Å². The summed E-state index contributed by atoms with van der Waals surface area (Å²) < 4.78 is 0. The van der Waals surface area contributed by atoms with Gasteiger partial charge in [0.15, 0.2) is 0 Å². The standard InChI is InChI=1S/C14H28N2/c1-5-8-11-16(12-9-6-2)14(4)13-15-10-7-3/h3,14-15H,5-6,8-13H2,1-2,4H3. The molecule has 0 aliphatic carbocycles. The van der Waals surface area contributed by atoms with Crippen LogP contribution in [0.15, 0.2) is 0 Å². The van der Waals surface area contributed by atoms with Gasteiger partial charge < -0.3 is 5.32 Å². The number of nitrogens with one attached hydrogen (secondary N) is 1. The predicted octanol–water partition coefficient (Wildman–Crippen LogP) is 2.50. The van der Waals surface area contributed by atoms with E-state index in [-0.39, 0.29) is 0 Å².